The molecule has 10 aromatic carbocycles. The highest BCUT2D eigenvalue weighted by Gasteiger charge is 2.58. The summed E-state index contributed by atoms with van der Waals surface area (Å²) in [5, 5.41) is 3.78. The second kappa shape index (κ2) is 15.4. The van der Waals surface area contributed by atoms with Gasteiger partial charge < -0.3 is 10.1 Å². The Balaban J connectivity index is 0.946. The Morgan fingerprint density at radius 1 is 0.348 bits per heavy atom. The topological polar surface area (TPSA) is 33.6 Å². The summed E-state index contributed by atoms with van der Waals surface area (Å²) in [5.74, 6) is 2.63. The van der Waals surface area contributed by atoms with E-state index in [0.29, 0.717) is 0 Å². The lowest BCUT2D eigenvalue weighted by atomic mass is 9.51. The summed E-state index contributed by atoms with van der Waals surface area (Å²) in [6, 6.07) is 90.6. The molecule has 4 aliphatic rings. The first-order valence-electron chi connectivity index (χ1n) is 23.9. The van der Waals surface area contributed by atoms with Crippen molar-refractivity contribution >= 4 is 11.5 Å². The van der Waals surface area contributed by atoms with Crippen molar-refractivity contribution in [2.24, 2.45) is 4.99 Å². The molecule has 0 aromatic heterocycles. The summed E-state index contributed by atoms with van der Waals surface area (Å²) < 4.78 is 6.74. The first-order valence-corrected chi connectivity index (χ1v) is 23.9. The van der Waals surface area contributed by atoms with E-state index in [1.807, 2.05) is 0 Å². The van der Waals surface area contributed by atoms with Crippen LogP contribution in [0.3, 0.4) is 0 Å². The van der Waals surface area contributed by atoms with Crippen LogP contribution < -0.4 is 10.1 Å². The van der Waals surface area contributed by atoms with Gasteiger partial charge in [0.25, 0.3) is 0 Å². The third-order valence-corrected chi connectivity index (χ3v) is 15.1. The molecule has 2 spiro atoms. The van der Waals surface area contributed by atoms with E-state index in [-0.39, 0.29) is 6.04 Å². The number of hydrogen-bond donors (Lipinski definition) is 1. The van der Waals surface area contributed by atoms with Crippen molar-refractivity contribution in [1.29, 1.82) is 0 Å². The summed E-state index contributed by atoms with van der Waals surface area (Å²) in [5.41, 5.74) is 20.4. The number of rotatable bonds is 5. The normalized spacial score (nSPS) is 16.0. The molecule has 0 radical (unpaired) electrons. The molecular formula is C66H44N2O. The van der Waals surface area contributed by atoms with E-state index in [1.54, 1.807) is 0 Å². The molecule has 324 valence electrons. The van der Waals surface area contributed by atoms with E-state index in [9.17, 15) is 0 Å². The number of nitrogens with one attached hydrogen (secondary N) is 1. The molecule has 2 aliphatic heterocycles. The van der Waals surface area contributed by atoms with Crippen molar-refractivity contribution in [3.63, 3.8) is 0 Å². The van der Waals surface area contributed by atoms with Gasteiger partial charge in [0.1, 0.15) is 17.3 Å². The van der Waals surface area contributed by atoms with Crippen LogP contribution in [0.5, 0.6) is 11.5 Å². The van der Waals surface area contributed by atoms with E-state index in [4.69, 9.17) is 9.73 Å². The fourth-order valence-electron chi connectivity index (χ4n) is 12.3. The van der Waals surface area contributed by atoms with Gasteiger partial charge in [-0.05, 0) is 102 Å². The molecule has 0 bridgehead atoms. The minimum Gasteiger partial charge on any atom is -0.457 e. The number of benzene rings is 10. The van der Waals surface area contributed by atoms with Crippen LogP contribution >= 0.6 is 0 Å². The number of ether oxygens (including phenoxy) is 1. The van der Waals surface area contributed by atoms with Crippen molar-refractivity contribution in [3.05, 3.63) is 316 Å². The molecule has 0 saturated heterocycles. The Bertz CT molecular complexity index is 3640. The molecule has 0 saturated carbocycles. The first-order chi connectivity index (χ1) is 34.2. The van der Waals surface area contributed by atoms with Crippen molar-refractivity contribution in [3.8, 4) is 44.9 Å². The Morgan fingerprint density at radius 2 is 0.797 bits per heavy atom. The van der Waals surface area contributed by atoms with Crippen LogP contribution in [0.15, 0.2) is 260 Å². The van der Waals surface area contributed by atoms with E-state index < -0.39 is 10.8 Å². The molecule has 1 N–H and O–H groups in total. The first kappa shape index (κ1) is 39.4. The van der Waals surface area contributed by atoms with Crippen LogP contribution in [0.25, 0.3) is 39.1 Å². The molecular weight excluding hydrogens is 837 g/mol. The fraction of sp³-hybridized carbons (Fsp3) is 0.0455. The molecule has 1 atom stereocenters. The van der Waals surface area contributed by atoms with Crippen LogP contribution in [0.4, 0.5) is 0 Å². The summed E-state index contributed by atoms with van der Waals surface area (Å²) in [6.07, 6.45) is 2.25. The third kappa shape index (κ3) is 5.71. The number of aliphatic imine (C=N–C) groups is 1. The van der Waals surface area contributed by atoms with E-state index in [1.165, 1.54) is 61.2 Å². The van der Waals surface area contributed by atoms with Crippen molar-refractivity contribution in [2.45, 2.75) is 16.9 Å². The molecule has 1 unspecified atom stereocenters. The molecule has 69 heavy (non-hydrogen) atoms. The minimum atomic E-state index is -0.615. The van der Waals surface area contributed by atoms with E-state index >= 15 is 0 Å². The number of fused-ring (bicyclic) bond motifs is 15. The van der Waals surface area contributed by atoms with Gasteiger partial charge in [-0.2, -0.15) is 0 Å². The van der Waals surface area contributed by atoms with Crippen LogP contribution in [0, 0.1) is 0 Å². The molecule has 14 rings (SSSR count). The lowest BCUT2D eigenvalue weighted by Gasteiger charge is -2.51. The monoisotopic (exact) mass is 880 g/mol. The predicted molar refractivity (Wildman–Crippen MR) is 280 cm³/mol. The second-order valence-electron chi connectivity index (χ2n) is 18.5. The molecule has 3 nitrogen and oxygen atoms in total. The maximum absolute atomic E-state index is 6.74. The molecule has 2 aliphatic carbocycles. The molecule has 10 aromatic rings. The zero-order valence-electron chi connectivity index (χ0n) is 37.7. The number of para-hydroxylation sites is 2. The maximum Gasteiger partial charge on any atom is 0.133 e. The number of hydrogen-bond acceptors (Lipinski definition) is 3. The highest BCUT2D eigenvalue weighted by atomic mass is 16.5. The predicted octanol–water partition coefficient (Wildman–Crippen LogP) is 15.3. The summed E-state index contributed by atoms with van der Waals surface area (Å²) in [6.45, 7) is 0. The summed E-state index contributed by atoms with van der Waals surface area (Å²) in [4.78, 5) is 5.46. The lowest BCUT2D eigenvalue weighted by Crippen LogP contribution is -2.45. The fourth-order valence-corrected chi connectivity index (χ4v) is 12.3. The smallest absolute Gasteiger partial charge is 0.133 e. The third-order valence-electron chi connectivity index (χ3n) is 15.1. The van der Waals surface area contributed by atoms with Gasteiger partial charge in [-0.25, -0.2) is 0 Å². The quantitative estimate of drug-likeness (QED) is 0.187. The number of nitrogens with zero attached hydrogens (tertiary/aromatic N) is 1. The number of amidine groups is 1. The van der Waals surface area contributed by atoms with Crippen molar-refractivity contribution < 1.29 is 4.74 Å². The Labute approximate surface area is 402 Å². The molecule has 0 amide bonds. The van der Waals surface area contributed by atoms with Crippen LogP contribution in [0.1, 0.15) is 67.2 Å². The van der Waals surface area contributed by atoms with Crippen LogP contribution in [-0.4, -0.2) is 5.84 Å². The maximum atomic E-state index is 6.74. The van der Waals surface area contributed by atoms with Gasteiger partial charge in [-0.1, -0.05) is 231 Å². The Morgan fingerprint density at radius 3 is 1.43 bits per heavy atom. The molecule has 2 heterocycles. The van der Waals surface area contributed by atoms with Gasteiger partial charge in [0.15, 0.2) is 0 Å². The largest absolute Gasteiger partial charge is 0.457 e. The standard InChI is InChI=1S/C66H44N2O/c1-3-19-43(20-4-1)44-37-39-46(40-38-44)60-42-59(45-21-5-2-6-22-45)67-64(68-60)48-24-17-23-47(41-48)49-26-18-34-58-63(49)50-25-7-8-27-51(50)65(58)52-28-9-11-30-54(52)66(55-31-12-10-29-53(55)65)56-32-13-15-35-61(56)69-62-36-16-14-33-57(62)66/h1-42,60H,(H,67,68). The summed E-state index contributed by atoms with van der Waals surface area (Å²) >= 11 is 0. The summed E-state index contributed by atoms with van der Waals surface area (Å²) in [7, 11) is 0. The average molecular weight is 881 g/mol. The molecule has 3 heteroatoms. The molecule has 0 fully saturated rings. The van der Waals surface area contributed by atoms with Gasteiger partial charge in [-0.3, -0.25) is 4.99 Å². The van der Waals surface area contributed by atoms with Gasteiger partial charge in [0.05, 0.1) is 16.9 Å². The second-order valence-corrected chi connectivity index (χ2v) is 18.5. The van der Waals surface area contributed by atoms with Gasteiger partial charge in [0, 0.05) is 22.4 Å². The van der Waals surface area contributed by atoms with E-state index in [0.717, 1.165) is 56.4 Å². The highest BCUT2D eigenvalue weighted by Crippen LogP contribution is 2.67. The highest BCUT2D eigenvalue weighted by molar-refractivity contribution is 6.06. The Kier molecular flexibility index (Phi) is 8.78. The van der Waals surface area contributed by atoms with E-state index in [2.05, 4.69) is 260 Å². The van der Waals surface area contributed by atoms with Crippen molar-refractivity contribution in [1.82, 2.24) is 5.32 Å². The van der Waals surface area contributed by atoms with Gasteiger partial charge in [0.2, 0.25) is 0 Å². The Hall–Kier alpha value is -8.79. The zero-order valence-corrected chi connectivity index (χ0v) is 37.7. The zero-order chi connectivity index (χ0) is 45.5. The van der Waals surface area contributed by atoms with Crippen LogP contribution in [0.2, 0.25) is 0 Å². The van der Waals surface area contributed by atoms with Crippen molar-refractivity contribution in [2.75, 3.05) is 0 Å². The lowest BCUT2D eigenvalue weighted by molar-refractivity contribution is 0.429. The SMILES string of the molecule is C1=C(c2ccccc2)NC(c2cccc(-c3cccc4c3-c3ccccc3C43c4ccccc4C4(c5ccccc5Oc5ccccc54)c4ccccc43)c2)=NC1c1ccc(-c2ccccc2)cc1. The van der Waals surface area contributed by atoms with Gasteiger partial charge >= 0.3 is 0 Å². The minimum absolute atomic E-state index is 0.179. The van der Waals surface area contributed by atoms with Gasteiger partial charge in [-0.15, -0.1) is 0 Å². The average Bonchev–Trinajstić information content (AvgIpc) is 3.73. The van der Waals surface area contributed by atoms with Crippen LogP contribution in [-0.2, 0) is 10.8 Å².